The topological polar surface area (TPSA) is 95.9 Å². The third-order valence-electron chi connectivity index (χ3n) is 3.73. The molecule has 7 nitrogen and oxygen atoms in total. The van der Waals surface area contributed by atoms with E-state index in [2.05, 4.69) is 10.1 Å². The summed E-state index contributed by atoms with van der Waals surface area (Å²) in [5.74, 6) is -1.54. The predicted octanol–water partition coefficient (Wildman–Crippen LogP) is -0.0133. The lowest BCUT2D eigenvalue weighted by molar-refractivity contribution is -0.142. The summed E-state index contributed by atoms with van der Waals surface area (Å²) in [4.78, 5) is 36.4. The summed E-state index contributed by atoms with van der Waals surface area (Å²) in [6, 6.07) is 6.72. The Kier molecular flexibility index (Phi) is 4.46. The van der Waals surface area contributed by atoms with E-state index in [1.54, 1.807) is 31.2 Å². The van der Waals surface area contributed by atoms with Gasteiger partial charge in [0.1, 0.15) is 13.1 Å². The molecule has 1 aliphatic rings. The Morgan fingerprint density at radius 2 is 2.05 bits per heavy atom. The second-order valence-corrected chi connectivity index (χ2v) is 4.96. The molecule has 0 fully saturated rings. The Balaban J connectivity index is 2.16. The van der Waals surface area contributed by atoms with Crippen LogP contribution in [0.4, 0.5) is 0 Å². The van der Waals surface area contributed by atoms with Crippen LogP contribution in [0.25, 0.3) is 0 Å². The van der Waals surface area contributed by atoms with Crippen LogP contribution in [0.1, 0.15) is 29.3 Å². The van der Waals surface area contributed by atoms with Gasteiger partial charge in [-0.1, -0.05) is 25.1 Å². The molecule has 22 heavy (non-hydrogen) atoms. The highest BCUT2D eigenvalue weighted by Gasteiger charge is 2.47. The van der Waals surface area contributed by atoms with E-state index in [-0.39, 0.29) is 19.5 Å². The fraction of sp³-hybridized carbons (Fsp3) is 0.400. The summed E-state index contributed by atoms with van der Waals surface area (Å²) < 4.78 is 4.42. The van der Waals surface area contributed by atoms with Crippen LogP contribution in [0.5, 0.6) is 0 Å². The van der Waals surface area contributed by atoms with E-state index in [1.807, 2.05) is 0 Å². The van der Waals surface area contributed by atoms with Crippen LogP contribution in [0.15, 0.2) is 24.3 Å². The molecule has 1 unspecified atom stereocenters. The Morgan fingerprint density at radius 3 is 2.68 bits per heavy atom. The molecule has 1 atom stereocenters. The number of benzene rings is 1. The summed E-state index contributed by atoms with van der Waals surface area (Å²) in [6.07, 6.45) is 0.250. The van der Waals surface area contributed by atoms with Gasteiger partial charge in [0.2, 0.25) is 5.91 Å². The molecule has 0 bridgehead atoms. The van der Waals surface area contributed by atoms with Crippen LogP contribution in [0.3, 0.4) is 0 Å². The number of nitrogens with zero attached hydrogens (tertiary/aromatic N) is 1. The Bertz CT molecular complexity index is 616. The number of hydrogen-bond acceptors (Lipinski definition) is 5. The van der Waals surface area contributed by atoms with Crippen molar-refractivity contribution < 1.29 is 24.2 Å². The van der Waals surface area contributed by atoms with E-state index >= 15 is 0 Å². The molecule has 2 amide bonds. The third kappa shape index (κ3) is 2.67. The first-order valence-corrected chi connectivity index (χ1v) is 6.91. The zero-order valence-electron chi connectivity index (χ0n) is 12.5. The van der Waals surface area contributed by atoms with E-state index in [4.69, 9.17) is 0 Å². The van der Waals surface area contributed by atoms with E-state index in [1.165, 1.54) is 7.11 Å². The van der Waals surface area contributed by atoms with Crippen molar-refractivity contribution in [2.45, 2.75) is 19.1 Å². The van der Waals surface area contributed by atoms with Crippen LogP contribution in [0.2, 0.25) is 0 Å². The minimum atomic E-state index is -1.52. The first-order valence-electron chi connectivity index (χ1n) is 6.91. The molecular formula is C15H18N2O5. The Labute approximate surface area is 127 Å². The number of ether oxygens (including phenoxy) is 1. The number of fused-ring (bicyclic) bond motifs is 1. The van der Waals surface area contributed by atoms with Gasteiger partial charge in [-0.15, -0.1) is 0 Å². The van der Waals surface area contributed by atoms with Crippen LogP contribution in [-0.4, -0.2) is 48.0 Å². The number of hydrogen-bond donors (Lipinski definition) is 2. The van der Waals surface area contributed by atoms with Gasteiger partial charge < -0.3 is 15.2 Å². The van der Waals surface area contributed by atoms with Gasteiger partial charge in [-0.05, 0) is 12.5 Å². The second-order valence-electron chi connectivity index (χ2n) is 4.96. The molecule has 2 rings (SSSR count). The van der Waals surface area contributed by atoms with E-state index < -0.39 is 23.5 Å². The molecular weight excluding hydrogens is 288 g/mol. The predicted molar refractivity (Wildman–Crippen MR) is 76.7 cm³/mol. The highest BCUT2D eigenvalue weighted by molar-refractivity contribution is 6.01. The van der Waals surface area contributed by atoms with Crippen molar-refractivity contribution >= 4 is 17.8 Å². The molecule has 0 aromatic heterocycles. The molecule has 0 saturated carbocycles. The molecule has 0 aliphatic carbocycles. The van der Waals surface area contributed by atoms with Crippen molar-refractivity contribution in [3.8, 4) is 0 Å². The summed E-state index contributed by atoms with van der Waals surface area (Å²) in [5.41, 5.74) is -0.646. The van der Waals surface area contributed by atoms with Crippen LogP contribution >= 0.6 is 0 Å². The second kappa shape index (κ2) is 6.15. The van der Waals surface area contributed by atoms with Crippen LogP contribution in [0, 0.1) is 0 Å². The molecule has 7 heteroatoms. The quantitative estimate of drug-likeness (QED) is 0.746. The summed E-state index contributed by atoms with van der Waals surface area (Å²) >= 11 is 0. The molecule has 1 heterocycles. The number of aliphatic hydroxyl groups is 1. The number of rotatable bonds is 5. The smallest absolute Gasteiger partial charge is 0.325 e. The average Bonchev–Trinajstić information content (AvgIpc) is 2.75. The molecule has 1 aliphatic heterocycles. The molecule has 0 radical (unpaired) electrons. The lowest BCUT2D eigenvalue weighted by atomic mass is 9.99. The molecule has 0 spiro atoms. The maximum Gasteiger partial charge on any atom is 0.325 e. The zero-order chi connectivity index (χ0) is 16.3. The van der Waals surface area contributed by atoms with Gasteiger partial charge >= 0.3 is 5.97 Å². The number of nitrogens with one attached hydrogen (secondary N) is 1. The summed E-state index contributed by atoms with van der Waals surface area (Å²) in [7, 11) is 1.21. The lowest BCUT2D eigenvalue weighted by Crippen LogP contribution is -2.49. The lowest BCUT2D eigenvalue weighted by Gasteiger charge is -2.32. The third-order valence-corrected chi connectivity index (χ3v) is 3.73. The van der Waals surface area contributed by atoms with Crippen LogP contribution in [-0.2, 0) is 20.1 Å². The SMILES string of the molecule is CCC1(O)c2ccccc2C(=O)N1CC(=O)NCC(=O)OC. The maximum atomic E-state index is 12.4. The minimum absolute atomic E-state index is 0.250. The standard InChI is InChI=1S/C15H18N2O5/c1-3-15(21)11-7-5-4-6-10(11)14(20)17(15)9-12(18)16-8-13(19)22-2/h4-7,21H,3,8-9H2,1-2H3,(H,16,18). The van der Waals surface area contributed by atoms with Gasteiger partial charge in [0.25, 0.3) is 5.91 Å². The largest absolute Gasteiger partial charge is 0.468 e. The Morgan fingerprint density at radius 1 is 1.36 bits per heavy atom. The zero-order valence-corrected chi connectivity index (χ0v) is 12.5. The summed E-state index contributed by atoms with van der Waals surface area (Å²) in [5, 5.41) is 13.1. The molecule has 1 aromatic rings. The number of methoxy groups -OCH3 is 1. The van der Waals surface area contributed by atoms with Gasteiger partial charge in [0.05, 0.1) is 7.11 Å². The maximum absolute atomic E-state index is 12.4. The molecule has 2 N–H and O–H groups in total. The number of esters is 1. The van der Waals surface area contributed by atoms with Crippen molar-refractivity contribution in [1.29, 1.82) is 0 Å². The van der Waals surface area contributed by atoms with E-state index in [0.29, 0.717) is 11.1 Å². The Hall–Kier alpha value is -2.41. The van der Waals surface area contributed by atoms with Crippen molar-refractivity contribution in [2.24, 2.45) is 0 Å². The highest BCUT2D eigenvalue weighted by Crippen LogP contribution is 2.39. The summed E-state index contributed by atoms with van der Waals surface area (Å²) in [6.45, 7) is 1.11. The van der Waals surface area contributed by atoms with Gasteiger partial charge in [-0.25, -0.2) is 0 Å². The normalized spacial score (nSPS) is 19.8. The van der Waals surface area contributed by atoms with Crippen LogP contribution < -0.4 is 5.32 Å². The molecule has 0 saturated heterocycles. The van der Waals surface area contributed by atoms with Crippen molar-refractivity contribution in [1.82, 2.24) is 10.2 Å². The average molecular weight is 306 g/mol. The van der Waals surface area contributed by atoms with Gasteiger partial charge in [-0.2, -0.15) is 0 Å². The number of amides is 2. The monoisotopic (exact) mass is 306 g/mol. The number of carbonyl (C=O) groups is 3. The molecule has 1 aromatic carbocycles. The van der Waals surface area contributed by atoms with E-state index in [0.717, 1.165) is 4.90 Å². The fourth-order valence-corrected chi connectivity index (χ4v) is 2.50. The molecule has 118 valence electrons. The van der Waals surface area contributed by atoms with Crippen molar-refractivity contribution in [3.05, 3.63) is 35.4 Å². The van der Waals surface area contributed by atoms with Gasteiger partial charge in [0, 0.05) is 11.1 Å². The van der Waals surface area contributed by atoms with Gasteiger partial charge in [-0.3, -0.25) is 19.3 Å². The van der Waals surface area contributed by atoms with Crippen molar-refractivity contribution in [3.63, 3.8) is 0 Å². The van der Waals surface area contributed by atoms with Gasteiger partial charge in [0.15, 0.2) is 5.72 Å². The number of carbonyl (C=O) groups excluding carboxylic acids is 3. The first kappa shape index (κ1) is 16.0. The fourth-order valence-electron chi connectivity index (χ4n) is 2.50. The minimum Gasteiger partial charge on any atom is -0.468 e. The van der Waals surface area contributed by atoms with Crippen molar-refractivity contribution in [2.75, 3.05) is 20.2 Å². The first-order chi connectivity index (χ1) is 10.4. The van der Waals surface area contributed by atoms with E-state index in [9.17, 15) is 19.5 Å². The highest BCUT2D eigenvalue weighted by atomic mass is 16.5.